The molecule has 0 saturated carbocycles. The molecule has 2 aliphatic heterocycles. The number of nitrogens with zero attached hydrogens (tertiary/aromatic N) is 4. The molecule has 0 unspecified atom stereocenters. The second-order valence-electron chi connectivity index (χ2n) is 7.61. The Kier molecular flexibility index (Phi) is 6.41. The lowest BCUT2D eigenvalue weighted by atomic mass is 10.2. The summed E-state index contributed by atoms with van der Waals surface area (Å²) in [6, 6.07) is 6.12. The maximum Gasteiger partial charge on any atom is 0.341 e. The number of carbonyl (C=O) groups excluding carboxylic acids is 1. The van der Waals surface area contributed by atoms with Gasteiger partial charge in [0.15, 0.2) is 11.5 Å². The van der Waals surface area contributed by atoms with E-state index in [1.165, 1.54) is 5.69 Å². The van der Waals surface area contributed by atoms with Gasteiger partial charge in [-0.3, -0.25) is 4.90 Å². The molecule has 1 aromatic heterocycles. The number of fused-ring (bicyclic) bond motifs is 1. The van der Waals surface area contributed by atoms with E-state index in [0.29, 0.717) is 36.3 Å². The second-order valence-corrected chi connectivity index (χ2v) is 7.61. The first-order valence-corrected chi connectivity index (χ1v) is 10.7. The van der Waals surface area contributed by atoms with Crippen LogP contribution >= 0.6 is 0 Å². The molecule has 1 fully saturated rings. The number of hydrogen-bond acceptors (Lipinski definition) is 9. The molecular formula is C22H29N5O4. The van der Waals surface area contributed by atoms with Gasteiger partial charge in [-0.2, -0.15) is 0 Å². The number of anilines is 2. The number of aromatic nitrogens is 2. The van der Waals surface area contributed by atoms with Gasteiger partial charge in [-0.05, 0) is 32.9 Å². The Hall–Kier alpha value is -3.07. The number of esters is 1. The number of nitrogens with one attached hydrogen (secondary N) is 1. The van der Waals surface area contributed by atoms with Crippen molar-refractivity contribution in [3.63, 3.8) is 0 Å². The molecule has 0 bridgehead atoms. The minimum atomic E-state index is -0.371. The minimum Gasteiger partial charge on any atom is -0.462 e. The van der Waals surface area contributed by atoms with Crippen molar-refractivity contribution in [3.05, 3.63) is 35.2 Å². The number of piperazine rings is 1. The number of benzene rings is 1. The van der Waals surface area contributed by atoms with Gasteiger partial charge < -0.3 is 24.4 Å². The van der Waals surface area contributed by atoms with Crippen LogP contribution in [0.1, 0.15) is 28.7 Å². The Morgan fingerprint density at radius 1 is 1.10 bits per heavy atom. The van der Waals surface area contributed by atoms with Gasteiger partial charge in [-0.1, -0.05) is 0 Å². The van der Waals surface area contributed by atoms with Crippen LogP contribution < -0.4 is 19.7 Å². The highest BCUT2D eigenvalue weighted by Gasteiger charge is 2.21. The van der Waals surface area contributed by atoms with E-state index in [1.807, 2.05) is 19.9 Å². The maximum atomic E-state index is 12.1. The average molecular weight is 428 g/mol. The van der Waals surface area contributed by atoms with Crippen molar-refractivity contribution in [2.45, 2.75) is 20.8 Å². The molecule has 2 aliphatic rings. The molecule has 1 saturated heterocycles. The highest BCUT2D eigenvalue weighted by Crippen LogP contribution is 2.35. The van der Waals surface area contributed by atoms with Crippen LogP contribution in [0, 0.1) is 13.8 Å². The van der Waals surface area contributed by atoms with Gasteiger partial charge in [0.2, 0.25) is 12.7 Å². The fourth-order valence-corrected chi connectivity index (χ4v) is 3.93. The van der Waals surface area contributed by atoms with Gasteiger partial charge in [0.05, 0.1) is 18.0 Å². The van der Waals surface area contributed by atoms with E-state index in [4.69, 9.17) is 14.2 Å². The molecular weight excluding hydrogens is 398 g/mol. The molecule has 166 valence electrons. The fourth-order valence-electron chi connectivity index (χ4n) is 3.93. The summed E-state index contributed by atoms with van der Waals surface area (Å²) in [6.45, 7) is 11.6. The van der Waals surface area contributed by atoms with Crippen molar-refractivity contribution in [2.75, 3.05) is 62.9 Å². The van der Waals surface area contributed by atoms with Gasteiger partial charge in [-0.25, -0.2) is 14.8 Å². The smallest absolute Gasteiger partial charge is 0.341 e. The van der Waals surface area contributed by atoms with E-state index in [0.717, 1.165) is 50.8 Å². The molecule has 9 heteroatoms. The molecule has 0 radical (unpaired) electrons. The zero-order valence-electron chi connectivity index (χ0n) is 18.3. The molecule has 3 heterocycles. The predicted octanol–water partition coefficient (Wildman–Crippen LogP) is 2.23. The maximum absolute atomic E-state index is 12.1. The standard InChI is InChI=1S/C22H29N5O4/c1-4-29-21(28)20-15(2)24-22(25-16(20)3)23-7-8-26-9-11-27(12-10-26)17-5-6-18-19(13-17)31-14-30-18/h5-6,13H,4,7-12,14H2,1-3H3,(H,23,24,25). The molecule has 1 N–H and O–H groups in total. The third-order valence-corrected chi connectivity index (χ3v) is 5.56. The summed E-state index contributed by atoms with van der Waals surface area (Å²) in [7, 11) is 0. The van der Waals surface area contributed by atoms with Gasteiger partial charge in [0.1, 0.15) is 5.56 Å². The molecule has 1 aromatic carbocycles. The fraction of sp³-hybridized carbons (Fsp3) is 0.500. The Balaban J connectivity index is 1.25. The molecule has 9 nitrogen and oxygen atoms in total. The Morgan fingerprint density at radius 2 is 1.81 bits per heavy atom. The topological polar surface area (TPSA) is 89.1 Å². The lowest BCUT2D eigenvalue weighted by Gasteiger charge is -2.36. The van der Waals surface area contributed by atoms with Crippen LogP contribution in [0.2, 0.25) is 0 Å². The van der Waals surface area contributed by atoms with E-state index in [9.17, 15) is 4.79 Å². The first-order chi connectivity index (χ1) is 15.0. The normalized spacial score (nSPS) is 15.8. The van der Waals surface area contributed by atoms with Crippen molar-refractivity contribution < 1.29 is 19.0 Å². The third kappa shape index (κ3) is 4.82. The third-order valence-electron chi connectivity index (χ3n) is 5.56. The molecule has 0 amide bonds. The lowest BCUT2D eigenvalue weighted by molar-refractivity contribution is 0.0523. The van der Waals surface area contributed by atoms with Crippen LogP contribution in [0.4, 0.5) is 11.6 Å². The van der Waals surface area contributed by atoms with E-state index < -0.39 is 0 Å². The van der Waals surface area contributed by atoms with Crippen LogP contribution in [0.3, 0.4) is 0 Å². The van der Waals surface area contributed by atoms with Gasteiger partial charge >= 0.3 is 5.97 Å². The Morgan fingerprint density at radius 3 is 2.52 bits per heavy atom. The average Bonchev–Trinajstić information content (AvgIpc) is 3.22. The van der Waals surface area contributed by atoms with Gasteiger partial charge in [-0.15, -0.1) is 0 Å². The van der Waals surface area contributed by atoms with Gasteiger partial charge in [0.25, 0.3) is 0 Å². The molecule has 0 atom stereocenters. The number of carbonyl (C=O) groups is 1. The SMILES string of the molecule is CCOC(=O)c1c(C)nc(NCCN2CCN(c3ccc4c(c3)OCO4)CC2)nc1C. The van der Waals surface area contributed by atoms with Gasteiger partial charge in [0, 0.05) is 51.0 Å². The molecule has 4 rings (SSSR count). The second kappa shape index (κ2) is 9.38. The number of rotatable bonds is 7. The van der Waals surface area contributed by atoms with E-state index in [2.05, 4.69) is 37.2 Å². The summed E-state index contributed by atoms with van der Waals surface area (Å²) >= 11 is 0. The Bertz CT molecular complexity index is 920. The molecule has 31 heavy (non-hydrogen) atoms. The van der Waals surface area contributed by atoms with Crippen molar-refractivity contribution >= 4 is 17.6 Å². The number of ether oxygens (including phenoxy) is 3. The molecule has 0 aliphatic carbocycles. The minimum absolute atomic E-state index is 0.299. The van der Waals surface area contributed by atoms with E-state index in [1.54, 1.807) is 6.92 Å². The number of aryl methyl sites for hydroxylation is 2. The van der Waals surface area contributed by atoms with E-state index >= 15 is 0 Å². The lowest BCUT2D eigenvalue weighted by Crippen LogP contribution is -2.47. The summed E-state index contributed by atoms with van der Waals surface area (Å²) in [4.78, 5) is 25.7. The highest BCUT2D eigenvalue weighted by atomic mass is 16.7. The highest BCUT2D eigenvalue weighted by molar-refractivity contribution is 5.91. The van der Waals surface area contributed by atoms with Crippen molar-refractivity contribution in [1.29, 1.82) is 0 Å². The van der Waals surface area contributed by atoms with E-state index in [-0.39, 0.29) is 5.97 Å². The molecule has 0 spiro atoms. The van der Waals surface area contributed by atoms with Crippen LogP contribution in [0.25, 0.3) is 0 Å². The van der Waals surface area contributed by atoms with Crippen LogP contribution in [-0.2, 0) is 4.74 Å². The summed E-state index contributed by atoms with van der Waals surface area (Å²) in [6.07, 6.45) is 0. The van der Waals surface area contributed by atoms with Crippen molar-refractivity contribution in [1.82, 2.24) is 14.9 Å². The van der Waals surface area contributed by atoms with Crippen LogP contribution in [0.5, 0.6) is 11.5 Å². The molecule has 2 aromatic rings. The first-order valence-electron chi connectivity index (χ1n) is 10.7. The van der Waals surface area contributed by atoms with Crippen LogP contribution in [0.15, 0.2) is 18.2 Å². The summed E-state index contributed by atoms with van der Waals surface area (Å²) in [5.41, 5.74) is 2.88. The largest absolute Gasteiger partial charge is 0.462 e. The summed E-state index contributed by atoms with van der Waals surface area (Å²) < 4.78 is 16.0. The number of hydrogen-bond donors (Lipinski definition) is 1. The predicted molar refractivity (Wildman–Crippen MR) is 117 cm³/mol. The van der Waals surface area contributed by atoms with Crippen molar-refractivity contribution in [3.8, 4) is 11.5 Å². The van der Waals surface area contributed by atoms with Crippen molar-refractivity contribution in [2.24, 2.45) is 0 Å². The van der Waals surface area contributed by atoms with Crippen LogP contribution in [-0.4, -0.2) is 73.5 Å². The quantitative estimate of drug-likeness (QED) is 0.668. The zero-order chi connectivity index (χ0) is 21.8. The first kappa shape index (κ1) is 21.2. The Labute approximate surface area is 182 Å². The zero-order valence-corrected chi connectivity index (χ0v) is 18.3. The monoisotopic (exact) mass is 427 g/mol. The summed E-state index contributed by atoms with van der Waals surface area (Å²) in [5, 5.41) is 3.28. The summed E-state index contributed by atoms with van der Waals surface area (Å²) in [5.74, 6) is 1.81.